The predicted octanol–water partition coefficient (Wildman–Crippen LogP) is 4.61. The Morgan fingerprint density at radius 1 is 1.06 bits per heavy atom. The molecule has 0 atom stereocenters. The van der Waals surface area contributed by atoms with E-state index in [1.165, 1.54) is 0 Å². The zero-order valence-corrected chi connectivity index (χ0v) is 21.3. The van der Waals surface area contributed by atoms with Gasteiger partial charge >= 0.3 is 0 Å². The van der Waals surface area contributed by atoms with E-state index in [4.69, 9.17) is 21.6 Å². The Morgan fingerprint density at radius 3 is 2.61 bits per heavy atom. The summed E-state index contributed by atoms with van der Waals surface area (Å²) < 4.78 is 14.4. The third-order valence-corrected chi connectivity index (χ3v) is 6.65. The number of anilines is 5. The van der Waals surface area contributed by atoms with Crippen LogP contribution in [0.4, 0.5) is 33.3 Å². The van der Waals surface area contributed by atoms with Crippen molar-refractivity contribution < 1.29 is 4.39 Å². The van der Waals surface area contributed by atoms with Gasteiger partial charge in [0.05, 0.1) is 16.1 Å². The molecule has 1 aliphatic rings. The molecule has 0 spiro atoms. The van der Waals surface area contributed by atoms with Gasteiger partial charge < -0.3 is 15.5 Å². The average molecular weight is 510 g/mol. The SMILES string of the molecule is Cc1cc(Nc2ncc3c(Nc4c(C)cccc4Cl)nn(C)c3n2)cc(N2CCN(CCF)CC2)n1. The van der Waals surface area contributed by atoms with Gasteiger partial charge in [-0.3, -0.25) is 4.90 Å². The maximum Gasteiger partial charge on any atom is 0.229 e. The van der Waals surface area contributed by atoms with Gasteiger partial charge in [0.2, 0.25) is 5.95 Å². The first-order valence-corrected chi connectivity index (χ1v) is 12.3. The van der Waals surface area contributed by atoms with Gasteiger partial charge in [-0.1, -0.05) is 23.7 Å². The molecule has 0 aliphatic carbocycles. The Balaban J connectivity index is 1.36. The van der Waals surface area contributed by atoms with Crippen molar-refractivity contribution in [1.82, 2.24) is 29.6 Å². The van der Waals surface area contributed by atoms with E-state index in [2.05, 4.69) is 30.5 Å². The number of halogens is 2. The second-order valence-corrected chi connectivity index (χ2v) is 9.37. The number of nitrogens with zero attached hydrogens (tertiary/aromatic N) is 7. The number of aryl methyl sites for hydroxylation is 3. The summed E-state index contributed by atoms with van der Waals surface area (Å²) in [5.74, 6) is 2.00. The van der Waals surface area contributed by atoms with Crippen molar-refractivity contribution in [3.05, 3.63) is 52.8 Å². The van der Waals surface area contributed by atoms with Crippen LogP contribution >= 0.6 is 11.6 Å². The van der Waals surface area contributed by atoms with E-state index in [1.54, 1.807) is 10.9 Å². The predicted molar refractivity (Wildman–Crippen MR) is 143 cm³/mol. The fourth-order valence-electron chi connectivity index (χ4n) is 4.43. The summed E-state index contributed by atoms with van der Waals surface area (Å²) >= 11 is 6.39. The van der Waals surface area contributed by atoms with Crippen LogP contribution in [-0.4, -0.2) is 69.0 Å². The van der Waals surface area contributed by atoms with Crippen LogP contribution < -0.4 is 15.5 Å². The van der Waals surface area contributed by atoms with Crippen molar-refractivity contribution in [3.8, 4) is 0 Å². The summed E-state index contributed by atoms with van der Waals surface area (Å²) in [6.07, 6.45) is 1.76. The van der Waals surface area contributed by atoms with Gasteiger partial charge in [-0.25, -0.2) is 19.0 Å². The summed E-state index contributed by atoms with van der Waals surface area (Å²) in [5, 5.41) is 12.7. The lowest BCUT2D eigenvalue weighted by Crippen LogP contribution is -2.47. The number of rotatable bonds is 7. The summed E-state index contributed by atoms with van der Waals surface area (Å²) in [6.45, 7) is 7.42. The van der Waals surface area contributed by atoms with Crippen molar-refractivity contribution in [2.75, 3.05) is 54.9 Å². The average Bonchev–Trinajstić information content (AvgIpc) is 3.16. The lowest BCUT2D eigenvalue weighted by atomic mass is 10.2. The monoisotopic (exact) mass is 509 g/mol. The van der Waals surface area contributed by atoms with Crippen LogP contribution in [0.2, 0.25) is 5.02 Å². The Kier molecular flexibility index (Phi) is 6.88. The Hall–Kier alpha value is -3.50. The normalized spacial score (nSPS) is 14.4. The molecule has 1 aliphatic heterocycles. The number of hydrogen-bond donors (Lipinski definition) is 2. The number of pyridine rings is 1. The molecule has 0 saturated carbocycles. The van der Waals surface area contributed by atoms with Gasteiger partial charge in [0.1, 0.15) is 12.5 Å². The van der Waals surface area contributed by atoms with Crippen LogP contribution in [0.3, 0.4) is 0 Å². The number of hydrogen-bond acceptors (Lipinski definition) is 8. The molecule has 2 N–H and O–H groups in total. The first-order chi connectivity index (χ1) is 17.4. The van der Waals surface area contributed by atoms with Gasteiger partial charge in [0.15, 0.2) is 11.5 Å². The minimum atomic E-state index is -0.311. The lowest BCUT2D eigenvalue weighted by Gasteiger charge is -2.35. The number of alkyl halides is 1. The van der Waals surface area contributed by atoms with Crippen molar-refractivity contribution in [1.29, 1.82) is 0 Å². The Bertz CT molecular complexity index is 1360. The highest BCUT2D eigenvalue weighted by Gasteiger charge is 2.19. The summed E-state index contributed by atoms with van der Waals surface area (Å²) in [7, 11) is 1.85. The summed E-state index contributed by atoms with van der Waals surface area (Å²) in [5.41, 5.74) is 4.27. The maximum atomic E-state index is 12.7. The molecule has 4 aromatic rings. The molecule has 1 fully saturated rings. The highest BCUT2D eigenvalue weighted by Crippen LogP contribution is 2.31. The second kappa shape index (κ2) is 10.2. The molecular formula is C25H29ClFN9. The van der Waals surface area contributed by atoms with Crippen LogP contribution in [0.5, 0.6) is 0 Å². The number of nitrogens with one attached hydrogen (secondary N) is 2. The Labute approximate surface area is 214 Å². The number of benzene rings is 1. The van der Waals surface area contributed by atoms with Crippen molar-refractivity contribution >= 4 is 51.6 Å². The molecule has 4 heterocycles. The van der Waals surface area contributed by atoms with E-state index in [9.17, 15) is 4.39 Å². The molecular weight excluding hydrogens is 481 g/mol. The van der Waals surface area contributed by atoms with Gasteiger partial charge in [-0.2, -0.15) is 10.1 Å². The van der Waals surface area contributed by atoms with Crippen LogP contribution in [0.25, 0.3) is 11.0 Å². The van der Waals surface area contributed by atoms with Crippen LogP contribution in [0.1, 0.15) is 11.3 Å². The third-order valence-electron chi connectivity index (χ3n) is 6.34. The van der Waals surface area contributed by atoms with E-state index in [-0.39, 0.29) is 6.67 Å². The molecule has 188 valence electrons. The number of para-hydroxylation sites is 1. The minimum Gasteiger partial charge on any atom is -0.354 e. The zero-order chi connectivity index (χ0) is 25.2. The van der Waals surface area contributed by atoms with Crippen molar-refractivity contribution in [2.24, 2.45) is 7.05 Å². The summed E-state index contributed by atoms with van der Waals surface area (Å²) in [4.78, 5) is 18.3. The minimum absolute atomic E-state index is 0.311. The number of aromatic nitrogens is 5. The molecule has 0 bridgehead atoms. The highest BCUT2D eigenvalue weighted by molar-refractivity contribution is 6.33. The van der Waals surface area contributed by atoms with Gasteiger partial charge in [-0.15, -0.1) is 0 Å². The van der Waals surface area contributed by atoms with Crippen LogP contribution in [0, 0.1) is 13.8 Å². The first kappa shape index (κ1) is 24.2. The zero-order valence-electron chi connectivity index (χ0n) is 20.6. The smallest absolute Gasteiger partial charge is 0.229 e. The first-order valence-electron chi connectivity index (χ1n) is 11.9. The lowest BCUT2D eigenvalue weighted by molar-refractivity contribution is 0.235. The van der Waals surface area contributed by atoms with Gasteiger partial charge in [0.25, 0.3) is 0 Å². The molecule has 0 radical (unpaired) electrons. The largest absolute Gasteiger partial charge is 0.354 e. The molecule has 11 heteroatoms. The maximum absolute atomic E-state index is 12.7. The van der Waals surface area contributed by atoms with Gasteiger partial charge in [0, 0.05) is 63.4 Å². The standard InChI is InChI=1S/C25H29ClFN9/c1-16-5-4-6-20(26)22(16)31-23-19-15-28-25(32-24(19)34(3)33-23)30-18-13-17(2)29-21(14-18)36-11-9-35(8-7-27)10-12-36/h4-6,13-15H,7-12H2,1-3H3,(H,31,33)(H,28,29,30,32). The fourth-order valence-corrected chi connectivity index (χ4v) is 4.70. The number of piperazine rings is 1. The molecule has 1 saturated heterocycles. The fraction of sp³-hybridized carbons (Fsp3) is 0.360. The molecule has 36 heavy (non-hydrogen) atoms. The highest BCUT2D eigenvalue weighted by atomic mass is 35.5. The summed E-state index contributed by atoms with van der Waals surface area (Å²) in [6, 6.07) is 9.72. The molecule has 0 amide bonds. The molecule has 1 aromatic carbocycles. The van der Waals surface area contributed by atoms with Gasteiger partial charge in [-0.05, 0) is 31.5 Å². The van der Waals surface area contributed by atoms with E-state index in [1.807, 2.05) is 51.2 Å². The van der Waals surface area contributed by atoms with Crippen LogP contribution in [-0.2, 0) is 7.05 Å². The molecule has 5 rings (SSSR count). The molecule has 9 nitrogen and oxygen atoms in total. The van der Waals surface area contributed by atoms with E-state index in [0.717, 1.165) is 60.0 Å². The van der Waals surface area contributed by atoms with E-state index < -0.39 is 0 Å². The van der Waals surface area contributed by atoms with E-state index >= 15 is 0 Å². The molecule has 3 aromatic heterocycles. The third kappa shape index (κ3) is 5.05. The van der Waals surface area contributed by atoms with Crippen molar-refractivity contribution in [2.45, 2.75) is 13.8 Å². The Morgan fingerprint density at radius 2 is 1.86 bits per heavy atom. The number of fused-ring (bicyclic) bond motifs is 1. The second-order valence-electron chi connectivity index (χ2n) is 8.96. The van der Waals surface area contributed by atoms with E-state index in [0.29, 0.717) is 29.0 Å². The van der Waals surface area contributed by atoms with Crippen molar-refractivity contribution in [3.63, 3.8) is 0 Å². The molecule has 0 unspecified atom stereocenters. The topological polar surface area (TPSA) is 87.0 Å². The quantitative estimate of drug-likeness (QED) is 0.373. The van der Waals surface area contributed by atoms with Crippen LogP contribution in [0.15, 0.2) is 36.5 Å².